The first kappa shape index (κ1) is 25.1. The number of aromatic nitrogens is 1. The molecule has 1 heterocycles. The summed E-state index contributed by atoms with van der Waals surface area (Å²) >= 11 is 1.85. The summed E-state index contributed by atoms with van der Waals surface area (Å²) in [6.45, 7) is 5.09. The number of aryl methyl sites for hydroxylation is 2. The number of aliphatic imine (C=N–C) groups is 1. The highest BCUT2D eigenvalue weighted by Gasteiger charge is 2.14. The van der Waals surface area contributed by atoms with Crippen molar-refractivity contribution in [1.82, 2.24) is 20.5 Å². The first-order chi connectivity index (χ1) is 13.1. The third kappa shape index (κ3) is 9.04. The average molecular weight is 523 g/mol. The molecule has 0 spiro atoms. The Morgan fingerprint density at radius 3 is 2.71 bits per heavy atom. The first-order valence-electron chi connectivity index (χ1n) is 9.87. The number of carbonyl (C=O) groups is 1. The van der Waals surface area contributed by atoms with Crippen LogP contribution in [0.5, 0.6) is 0 Å². The van der Waals surface area contributed by atoms with Gasteiger partial charge < -0.3 is 20.3 Å². The summed E-state index contributed by atoms with van der Waals surface area (Å²) in [4.78, 5) is 24.0. The molecule has 2 N–H and O–H groups in total. The Morgan fingerprint density at radius 1 is 1.25 bits per heavy atom. The lowest BCUT2D eigenvalue weighted by atomic mass is 10.0. The van der Waals surface area contributed by atoms with Crippen molar-refractivity contribution in [3.63, 3.8) is 0 Å². The van der Waals surface area contributed by atoms with E-state index in [1.807, 2.05) is 18.3 Å². The molecule has 0 unspecified atom stereocenters. The normalized spacial score (nSPS) is 13.5. The molecule has 0 saturated heterocycles. The molecule has 0 saturated carbocycles. The molecular formula is C19H34IN5O2S. The molecule has 0 aliphatic heterocycles. The van der Waals surface area contributed by atoms with Crippen molar-refractivity contribution in [2.75, 3.05) is 46.9 Å². The number of fused-ring (bicyclic) bond motifs is 1. The number of ether oxygens (including phenoxy) is 1. The molecule has 0 radical (unpaired) electrons. The molecule has 7 nitrogen and oxygen atoms in total. The van der Waals surface area contributed by atoms with Crippen LogP contribution in [-0.4, -0.2) is 68.7 Å². The van der Waals surface area contributed by atoms with E-state index in [0.717, 1.165) is 45.6 Å². The largest absolute Gasteiger partial charge is 0.382 e. The number of thiazole rings is 1. The number of rotatable bonds is 10. The molecule has 0 bridgehead atoms. The van der Waals surface area contributed by atoms with E-state index in [0.29, 0.717) is 5.96 Å². The number of amides is 1. The fourth-order valence-electron chi connectivity index (χ4n) is 2.79. The smallest absolute Gasteiger partial charge is 0.243 e. The lowest BCUT2D eigenvalue weighted by Crippen LogP contribution is -2.40. The van der Waals surface area contributed by atoms with E-state index in [1.165, 1.54) is 34.8 Å². The zero-order chi connectivity index (χ0) is 19.5. The van der Waals surface area contributed by atoms with Crippen molar-refractivity contribution in [3.05, 3.63) is 15.6 Å². The highest BCUT2D eigenvalue weighted by atomic mass is 127. The maximum atomic E-state index is 11.8. The summed E-state index contributed by atoms with van der Waals surface area (Å²) in [6.07, 6.45) is 6.63. The summed E-state index contributed by atoms with van der Waals surface area (Å²) in [5, 5.41) is 7.80. The molecule has 1 aliphatic rings. The average Bonchev–Trinajstić information content (AvgIpc) is 3.07. The molecule has 0 fully saturated rings. The number of nitrogens with zero attached hydrogens (tertiary/aromatic N) is 3. The molecule has 0 aromatic carbocycles. The summed E-state index contributed by atoms with van der Waals surface area (Å²) in [5.41, 5.74) is 1.31. The highest BCUT2D eigenvalue weighted by molar-refractivity contribution is 14.0. The van der Waals surface area contributed by atoms with Gasteiger partial charge in [0.15, 0.2) is 5.96 Å². The van der Waals surface area contributed by atoms with Crippen LogP contribution in [0.1, 0.15) is 41.8 Å². The van der Waals surface area contributed by atoms with E-state index < -0.39 is 0 Å². The molecule has 28 heavy (non-hydrogen) atoms. The van der Waals surface area contributed by atoms with Gasteiger partial charge in [0.25, 0.3) is 0 Å². The minimum atomic E-state index is -0.0157. The number of halogens is 1. The molecule has 160 valence electrons. The van der Waals surface area contributed by atoms with Gasteiger partial charge in [0.05, 0.1) is 10.7 Å². The van der Waals surface area contributed by atoms with Gasteiger partial charge in [0.2, 0.25) is 5.91 Å². The monoisotopic (exact) mass is 523 g/mol. The molecular weight excluding hydrogens is 489 g/mol. The fourth-order valence-corrected chi connectivity index (χ4v) is 3.94. The van der Waals surface area contributed by atoms with Gasteiger partial charge >= 0.3 is 0 Å². The van der Waals surface area contributed by atoms with Gasteiger partial charge in [-0.25, -0.2) is 9.98 Å². The van der Waals surface area contributed by atoms with Crippen LogP contribution in [0, 0.1) is 0 Å². The predicted octanol–water partition coefficient (Wildman–Crippen LogP) is 2.23. The number of nitrogens with one attached hydrogen (secondary N) is 2. The van der Waals surface area contributed by atoms with E-state index in [9.17, 15) is 4.79 Å². The van der Waals surface area contributed by atoms with Gasteiger partial charge in [-0.15, -0.1) is 35.3 Å². The number of carbonyl (C=O) groups excluding carboxylic acids is 1. The van der Waals surface area contributed by atoms with Crippen LogP contribution in [0.4, 0.5) is 0 Å². The Hall–Kier alpha value is -0.940. The van der Waals surface area contributed by atoms with Crippen LogP contribution < -0.4 is 10.6 Å². The van der Waals surface area contributed by atoms with Crippen molar-refractivity contribution in [2.24, 2.45) is 4.99 Å². The Labute approximate surface area is 189 Å². The van der Waals surface area contributed by atoms with Crippen LogP contribution in [0.2, 0.25) is 0 Å². The maximum absolute atomic E-state index is 11.8. The second-order valence-electron chi connectivity index (χ2n) is 6.79. The topological polar surface area (TPSA) is 78.8 Å². The molecule has 9 heteroatoms. The molecule has 1 amide bonds. The maximum Gasteiger partial charge on any atom is 0.243 e. The van der Waals surface area contributed by atoms with Crippen molar-refractivity contribution in [3.8, 4) is 0 Å². The molecule has 2 rings (SSSR count). The van der Waals surface area contributed by atoms with Crippen LogP contribution in [0.3, 0.4) is 0 Å². The lowest BCUT2D eigenvalue weighted by Gasteiger charge is -2.13. The van der Waals surface area contributed by atoms with Crippen molar-refractivity contribution in [2.45, 2.75) is 45.4 Å². The third-order valence-electron chi connectivity index (χ3n) is 4.35. The van der Waals surface area contributed by atoms with E-state index in [1.54, 1.807) is 19.0 Å². The fraction of sp³-hybridized carbons (Fsp3) is 0.737. The number of likely N-dealkylation sites (N-methyl/N-ethyl adjacent to an activating group) is 1. The van der Waals surface area contributed by atoms with Gasteiger partial charge in [-0.3, -0.25) is 4.79 Å². The summed E-state index contributed by atoms with van der Waals surface area (Å²) in [7, 11) is 3.48. The Kier molecular flexibility index (Phi) is 12.6. The number of hydrogen-bond donors (Lipinski definition) is 2. The zero-order valence-corrected chi connectivity index (χ0v) is 20.4. The Balaban J connectivity index is 0.00000392. The highest BCUT2D eigenvalue weighted by Crippen LogP contribution is 2.26. The summed E-state index contributed by atoms with van der Waals surface area (Å²) < 4.78 is 5.36. The summed E-state index contributed by atoms with van der Waals surface area (Å²) in [6, 6.07) is 0. The zero-order valence-electron chi connectivity index (χ0n) is 17.3. The van der Waals surface area contributed by atoms with E-state index in [-0.39, 0.29) is 36.4 Å². The SMILES string of the molecule is CCOCCCNC(=NCC(=O)N(C)C)NCCc1nc2c(s1)CCCC2.I. The van der Waals surface area contributed by atoms with Crippen LogP contribution >= 0.6 is 35.3 Å². The van der Waals surface area contributed by atoms with Gasteiger partial charge in [0.1, 0.15) is 6.54 Å². The standard InChI is InChI=1S/C19H33N5O2S.HI/c1-4-26-13-7-11-20-19(22-14-18(25)24(2)3)21-12-10-17-23-15-8-5-6-9-16(15)27-17;/h4-14H2,1-3H3,(H2,20,21,22);1H. The molecule has 1 aliphatic carbocycles. The van der Waals surface area contributed by atoms with Gasteiger partial charge in [0, 0.05) is 51.7 Å². The predicted molar refractivity (Wildman–Crippen MR) is 126 cm³/mol. The van der Waals surface area contributed by atoms with Crippen LogP contribution in [-0.2, 0) is 28.8 Å². The lowest BCUT2D eigenvalue weighted by molar-refractivity contribution is -0.127. The Morgan fingerprint density at radius 2 is 2.00 bits per heavy atom. The third-order valence-corrected chi connectivity index (χ3v) is 5.57. The van der Waals surface area contributed by atoms with Crippen molar-refractivity contribution in [1.29, 1.82) is 0 Å². The number of guanidine groups is 1. The van der Waals surface area contributed by atoms with Gasteiger partial charge in [-0.2, -0.15) is 0 Å². The van der Waals surface area contributed by atoms with Crippen molar-refractivity contribution >= 4 is 47.2 Å². The molecule has 0 atom stereocenters. The van der Waals surface area contributed by atoms with Crippen LogP contribution in [0.15, 0.2) is 4.99 Å². The molecule has 1 aromatic heterocycles. The van der Waals surface area contributed by atoms with E-state index >= 15 is 0 Å². The summed E-state index contributed by atoms with van der Waals surface area (Å²) in [5.74, 6) is 0.654. The molecule has 1 aromatic rings. The van der Waals surface area contributed by atoms with Gasteiger partial charge in [-0.05, 0) is 39.0 Å². The quantitative estimate of drug-likeness (QED) is 0.213. The van der Waals surface area contributed by atoms with E-state index in [4.69, 9.17) is 9.72 Å². The Bertz CT molecular complexity index is 598. The van der Waals surface area contributed by atoms with Crippen molar-refractivity contribution < 1.29 is 9.53 Å². The van der Waals surface area contributed by atoms with Gasteiger partial charge in [-0.1, -0.05) is 0 Å². The second-order valence-corrected chi connectivity index (χ2v) is 7.96. The van der Waals surface area contributed by atoms with Crippen LogP contribution in [0.25, 0.3) is 0 Å². The number of hydrogen-bond acceptors (Lipinski definition) is 5. The minimum absolute atomic E-state index is 0. The van der Waals surface area contributed by atoms with E-state index in [2.05, 4.69) is 15.6 Å². The minimum Gasteiger partial charge on any atom is -0.382 e. The first-order valence-corrected chi connectivity index (χ1v) is 10.7. The second kappa shape index (κ2) is 14.1.